The van der Waals surface area contributed by atoms with Crippen LogP contribution in [0.1, 0.15) is 16.7 Å². The minimum atomic E-state index is -4.64. The number of nitrogens with zero attached hydrogens (tertiary/aromatic N) is 5. The molecule has 5 rings (SSSR count). The van der Waals surface area contributed by atoms with E-state index in [4.69, 9.17) is 4.74 Å². The third-order valence-electron chi connectivity index (χ3n) is 6.22. The highest BCUT2D eigenvalue weighted by atomic mass is 19.4. The molecule has 0 saturated heterocycles. The van der Waals surface area contributed by atoms with Crippen molar-refractivity contribution in [2.24, 2.45) is 5.10 Å². The van der Waals surface area contributed by atoms with Crippen LogP contribution >= 0.6 is 0 Å². The van der Waals surface area contributed by atoms with Crippen molar-refractivity contribution in [2.75, 3.05) is 0 Å². The van der Waals surface area contributed by atoms with E-state index in [2.05, 4.69) is 10.1 Å². The number of non-ortho nitro benzene ring substituents is 1. The van der Waals surface area contributed by atoms with E-state index in [0.29, 0.717) is 5.56 Å². The maximum atomic E-state index is 13.4. The van der Waals surface area contributed by atoms with Gasteiger partial charge in [-0.25, -0.2) is 4.98 Å². The largest absolute Gasteiger partial charge is 0.482 e. The molecule has 0 fully saturated rings. The molecular formula is C29H18F3N5O6. The van der Waals surface area contributed by atoms with Gasteiger partial charge in [0, 0.05) is 29.3 Å². The highest BCUT2D eigenvalue weighted by Crippen LogP contribution is 2.32. The topological polar surface area (TPSA) is 143 Å². The van der Waals surface area contributed by atoms with Gasteiger partial charge < -0.3 is 4.74 Å². The Bertz CT molecular complexity index is 1970. The van der Waals surface area contributed by atoms with Crippen LogP contribution in [0.2, 0.25) is 0 Å². The Morgan fingerprint density at radius 2 is 1.67 bits per heavy atom. The molecule has 0 aliphatic heterocycles. The number of halogens is 3. The van der Waals surface area contributed by atoms with E-state index in [-0.39, 0.29) is 45.9 Å². The molecule has 0 bridgehead atoms. The third kappa shape index (κ3) is 6.22. The van der Waals surface area contributed by atoms with Gasteiger partial charge in [-0.3, -0.25) is 25.0 Å². The van der Waals surface area contributed by atoms with Gasteiger partial charge in [0.1, 0.15) is 6.61 Å². The number of benzene rings is 4. The minimum absolute atomic E-state index is 0.0225. The highest BCUT2D eigenvalue weighted by molar-refractivity contribution is 5.83. The van der Waals surface area contributed by atoms with Crippen molar-refractivity contribution in [3.05, 3.63) is 138 Å². The van der Waals surface area contributed by atoms with E-state index >= 15 is 0 Å². The van der Waals surface area contributed by atoms with Crippen LogP contribution in [0.5, 0.6) is 5.75 Å². The Morgan fingerprint density at radius 1 is 0.907 bits per heavy atom. The van der Waals surface area contributed by atoms with Gasteiger partial charge in [0.15, 0.2) is 11.6 Å². The normalized spacial score (nSPS) is 11.6. The summed E-state index contributed by atoms with van der Waals surface area (Å²) in [7, 11) is 0. The van der Waals surface area contributed by atoms with Crippen LogP contribution in [0.25, 0.3) is 22.3 Å². The zero-order valence-corrected chi connectivity index (χ0v) is 21.8. The summed E-state index contributed by atoms with van der Waals surface area (Å²) < 4.78 is 46.6. The van der Waals surface area contributed by atoms with Gasteiger partial charge in [0.05, 0.1) is 32.5 Å². The van der Waals surface area contributed by atoms with Gasteiger partial charge >= 0.3 is 11.9 Å². The highest BCUT2D eigenvalue weighted by Gasteiger charge is 2.31. The molecule has 4 aromatic carbocycles. The summed E-state index contributed by atoms with van der Waals surface area (Å²) in [6.07, 6.45) is -3.51. The number of fused-ring (bicyclic) bond motifs is 1. The number of nitro groups is 2. The van der Waals surface area contributed by atoms with Gasteiger partial charge in [-0.1, -0.05) is 36.4 Å². The Kier molecular flexibility index (Phi) is 7.66. The second kappa shape index (κ2) is 11.5. The molecule has 0 atom stereocenters. The zero-order chi connectivity index (χ0) is 30.7. The van der Waals surface area contributed by atoms with Crippen molar-refractivity contribution < 1.29 is 27.8 Å². The van der Waals surface area contributed by atoms with Crippen LogP contribution in [-0.2, 0) is 12.8 Å². The van der Waals surface area contributed by atoms with E-state index in [1.807, 2.05) is 0 Å². The maximum Gasteiger partial charge on any atom is 0.416 e. The molecule has 0 N–H and O–H groups in total. The molecule has 0 amide bonds. The first-order valence-corrected chi connectivity index (χ1v) is 12.4. The van der Waals surface area contributed by atoms with Gasteiger partial charge in [-0.15, -0.1) is 0 Å². The van der Waals surface area contributed by atoms with E-state index < -0.39 is 32.8 Å². The second-order valence-electron chi connectivity index (χ2n) is 9.09. The van der Waals surface area contributed by atoms with Crippen molar-refractivity contribution in [1.29, 1.82) is 0 Å². The van der Waals surface area contributed by atoms with Gasteiger partial charge in [0.2, 0.25) is 0 Å². The first-order chi connectivity index (χ1) is 20.5. The molecule has 1 heterocycles. The van der Waals surface area contributed by atoms with Gasteiger partial charge in [-0.2, -0.15) is 22.9 Å². The lowest BCUT2D eigenvalue weighted by molar-refractivity contribution is -0.386. The smallest absolute Gasteiger partial charge is 0.416 e. The SMILES string of the molecule is O=c1c2ccccc2nc(-c2cccc(C(F)(F)F)c2)n1N=Cc1ccc(OCc2cccc([N+](=O)[O-])c2)c([N+](=O)[O-])c1. The summed E-state index contributed by atoms with van der Waals surface area (Å²) >= 11 is 0. The van der Waals surface area contributed by atoms with E-state index in [9.17, 15) is 38.2 Å². The fourth-order valence-corrected chi connectivity index (χ4v) is 4.18. The Morgan fingerprint density at radius 3 is 2.42 bits per heavy atom. The molecule has 216 valence electrons. The van der Waals surface area contributed by atoms with Crippen molar-refractivity contribution in [3.63, 3.8) is 0 Å². The quantitative estimate of drug-likeness (QED) is 0.116. The predicted octanol–water partition coefficient (Wildman–Crippen LogP) is 6.36. The first-order valence-electron chi connectivity index (χ1n) is 12.4. The lowest BCUT2D eigenvalue weighted by Crippen LogP contribution is -2.20. The van der Waals surface area contributed by atoms with Crippen molar-refractivity contribution in [3.8, 4) is 17.1 Å². The number of rotatable bonds is 8. The van der Waals surface area contributed by atoms with Crippen LogP contribution in [0, 0.1) is 20.2 Å². The summed E-state index contributed by atoms with van der Waals surface area (Å²) in [4.78, 5) is 39.3. The molecule has 1 aromatic heterocycles. The van der Waals surface area contributed by atoms with E-state index in [0.717, 1.165) is 29.1 Å². The van der Waals surface area contributed by atoms with Crippen LogP contribution in [0.4, 0.5) is 24.5 Å². The molecule has 11 nitrogen and oxygen atoms in total. The molecule has 0 aliphatic rings. The molecule has 43 heavy (non-hydrogen) atoms. The fourth-order valence-electron chi connectivity index (χ4n) is 4.18. The summed E-state index contributed by atoms with van der Waals surface area (Å²) in [5.41, 5.74) is -1.41. The van der Waals surface area contributed by atoms with Crippen molar-refractivity contribution in [2.45, 2.75) is 12.8 Å². The summed E-state index contributed by atoms with van der Waals surface area (Å²) in [5, 5.41) is 27.1. The maximum absolute atomic E-state index is 13.4. The number of para-hydroxylation sites is 1. The van der Waals surface area contributed by atoms with Gasteiger partial charge in [0.25, 0.3) is 11.2 Å². The minimum Gasteiger partial charge on any atom is -0.482 e. The molecule has 0 radical (unpaired) electrons. The molecule has 0 unspecified atom stereocenters. The van der Waals surface area contributed by atoms with Crippen LogP contribution in [0.15, 0.2) is 101 Å². The molecule has 14 heteroatoms. The average Bonchev–Trinajstić information content (AvgIpc) is 2.99. The predicted molar refractivity (Wildman–Crippen MR) is 150 cm³/mol. The molecule has 5 aromatic rings. The Hall–Kier alpha value is -5.92. The number of nitro benzene ring substituents is 2. The number of hydrogen-bond donors (Lipinski definition) is 0. The summed E-state index contributed by atoms with van der Waals surface area (Å²) in [5.74, 6) is -0.291. The van der Waals surface area contributed by atoms with Crippen LogP contribution < -0.4 is 10.3 Å². The molecule has 0 spiro atoms. The van der Waals surface area contributed by atoms with Crippen molar-refractivity contribution in [1.82, 2.24) is 9.66 Å². The van der Waals surface area contributed by atoms with Crippen molar-refractivity contribution >= 4 is 28.5 Å². The number of hydrogen-bond acceptors (Lipinski definition) is 8. The van der Waals surface area contributed by atoms with E-state index in [1.54, 1.807) is 18.2 Å². The number of aromatic nitrogens is 2. The second-order valence-corrected chi connectivity index (χ2v) is 9.09. The fraction of sp³-hybridized carbons (Fsp3) is 0.0690. The molecule has 0 saturated carbocycles. The molecule has 0 aliphatic carbocycles. The number of alkyl halides is 3. The zero-order valence-electron chi connectivity index (χ0n) is 21.8. The summed E-state index contributed by atoms with van der Waals surface area (Å²) in [6, 6.07) is 20.0. The summed E-state index contributed by atoms with van der Waals surface area (Å²) in [6.45, 7) is -0.186. The monoisotopic (exact) mass is 589 g/mol. The molecular weight excluding hydrogens is 571 g/mol. The third-order valence-corrected chi connectivity index (χ3v) is 6.22. The van der Waals surface area contributed by atoms with Gasteiger partial charge in [-0.05, 0) is 42.0 Å². The Balaban J connectivity index is 1.52. The first kappa shape index (κ1) is 28.6. The lowest BCUT2D eigenvalue weighted by atomic mass is 10.1. The van der Waals surface area contributed by atoms with Crippen LogP contribution in [-0.4, -0.2) is 25.7 Å². The Labute approximate surface area is 239 Å². The standard InChI is InChI=1S/C29H18F3N5O6/c30-29(31,32)21-7-4-6-20(15-21)27-34-24-10-2-1-9-23(24)28(38)35(27)33-16-18-11-12-26(25(14-18)37(41)42)43-17-19-5-3-8-22(13-19)36(39)40/h1-16H,17H2. The lowest BCUT2D eigenvalue weighted by Gasteiger charge is -2.12. The van der Waals surface area contributed by atoms with E-state index in [1.165, 1.54) is 54.6 Å². The average molecular weight is 589 g/mol. The van der Waals surface area contributed by atoms with Crippen LogP contribution in [0.3, 0.4) is 0 Å². The number of ether oxygens (including phenoxy) is 1.